The van der Waals surface area contributed by atoms with Gasteiger partial charge in [0.15, 0.2) is 17.3 Å². The summed E-state index contributed by atoms with van der Waals surface area (Å²) in [6.07, 6.45) is 2.96. The van der Waals surface area contributed by atoms with Gasteiger partial charge in [0.05, 0.1) is 35.0 Å². The first-order valence-corrected chi connectivity index (χ1v) is 9.86. The van der Waals surface area contributed by atoms with Crippen molar-refractivity contribution in [2.24, 2.45) is 0 Å². The van der Waals surface area contributed by atoms with Crippen molar-refractivity contribution >= 4 is 28.7 Å². The van der Waals surface area contributed by atoms with Crippen LogP contribution < -0.4 is 18.9 Å². The molecule has 32 heavy (non-hydrogen) atoms. The van der Waals surface area contributed by atoms with Crippen LogP contribution in [0, 0.1) is 0 Å². The van der Waals surface area contributed by atoms with Crippen LogP contribution in [0.5, 0.6) is 23.0 Å². The van der Waals surface area contributed by atoms with Crippen LogP contribution in [0.2, 0.25) is 0 Å². The molecule has 8 heteroatoms. The van der Waals surface area contributed by atoms with Gasteiger partial charge >= 0.3 is 5.97 Å². The zero-order chi connectivity index (χ0) is 23.3. The summed E-state index contributed by atoms with van der Waals surface area (Å²) in [6.45, 7) is 1.96. The first-order chi connectivity index (χ1) is 15.5. The first-order valence-electron chi connectivity index (χ1n) is 9.86. The van der Waals surface area contributed by atoms with Crippen molar-refractivity contribution in [3.05, 3.63) is 53.2 Å². The smallest absolute Gasteiger partial charge is 0.355 e. The number of fused-ring (bicyclic) bond motifs is 1. The van der Waals surface area contributed by atoms with Gasteiger partial charge in [-0.25, -0.2) is 4.79 Å². The number of benzene rings is 2. The third-order valence-corrected chi connectivity index (χ3v) is 4.88. The molecule has 0 unspecified atom stereocenters. The van der Waals surface area contributed by atoms with E-state index in [1.54, 1.807) is 50.4 Å². The lowest BCUT2D eigenvalue weighted by Gasteiger charge is -2.13. The topological polar surface area (TPSA) is 96.1 Å². The predicted octanol–water partition coefficient (Wildman–Crippen LogP) is 4.28. The van der Waals surface area contributed by atoms with Gasteiger partial charge in [-0.1, -0.05) is 0 Å². The summed E-state index contributed by atoms with van der Waals surface area (Å²) < 4.78 is 26.4. The molecule has 3 aromatic rings. The Kier molecular flexibility index (Phi) is 7.04. The third kappa shape index (κ3) is 4.39. The summed E-state index contributed by atoms with van der Waals surface area (Å²) in [6, 6.07) is 8.51. The number of methoxy groups -OCH3 is 4. The van der Waals surface area contributed by atoms with Gasteiger partial charge in [-0.2, -0.15) is 0 Å². The number of nitrogens with one attached hydrogen (secondary N) is 1. The van der Waals surface area contributed by atoms with Crippen LogP contribution >= 0.6 is 0 Å². The number of aromatic amines is 1. The largest absolute Gasteiger partial charge is 0.497 e. The molecule has 1 aromatic heterocycles. The molecule has 2 aromatic carbocycles. The Morgan fingerprint density at radius 3 is 2.19 bits per heavy atom. The Morgan fingerprint density at radius 2 is 1.62 bits per heavy atom. The minimum absolute atomic E-state index is 0.227. The number of esters is 1. The standard InChI is InChI=1S/C24H25NO7/c1-6-32-24(27)22-16(17-13-15(28-2)7-9-18(17)25-22)8-10-19(26)14-11-20(29-3)23(31-5)21(12-14)30-4/h7-13,25H,6H2,1-5H3/b10-8+. The highest BCUT2D eigenvalue weighted by molar-refractivity contribution is 6.10. The summed E-state index contributed by atoms with van der Waals surface area (Å²) >= 11 is 0. The van der Waals surface area contributed by atoms with Crippen molar-refractivity contribution in [1.82, 2.24) is 4.98 Å². The van der Waals surface area contributed by atoms with Crippen molar-refractivity contribution in [3.8, 4) is 23.0 Å². The van der Waals surface area contributed by atoms with Crippen molar-refractivity contribution < 1.29 is 33.3 Å². The van der Waals surface area contributed by atoms with Gasteiger partial charge in [0.2, 0.25) is 5.75 Å². The van der Waals surface area contributed by atoms with E-state index in [1.807, 2.05) is 0 Å². The fourth-order valence-corrected chi connectivity index (χ4v) is 3.33. The summed E-state index contributed by atoms with van der Waals surface area (Å²) in [5.41, 5.74) is 1.83. The van der Waals surface area contributed by atoms with Crippen LogP contribution in [0.1, 0.15) is 33.3 Å². The van der Waals surface area contributed by atoms with Gasteiger partial charge in [-0.05, 0) is 49.4 Å². The molecule has 0 aliphatic carbocycles. The maximum Gasteiger partial charge on any atom is 0.355 e. The highest BCUT2D eigenvalue weighted by Gasteiger charge is 2.19. The Bertz CT molecular complexity index is 1150. The Balaban J connectivity index is 2.06. The maximum atomic E-state index is 13.0. The quantitative estimate of drug-likeness (QED) is 0.302. The first kappa shape index (κ1) is 22.7. The fraction of sp³-hybridized carbons (Fsp3) is 0.250. The maximum absolute atomic E-state index is 13.0. The molecule has 1 N–H and O–H groups in total. The molecule has 0 radical (unpaired) electrons. The highest BCUT2D eigenvalue weighted by Crippen LogP contribution is 2.38. The number of carbonyl (C=O) groups excluding carboxylic acids is 2. The normalized spacial score (nSPS) is 10.9. The van der Waals surface area contributed by atoms with Gasteiger partial charge in [0.1, 0.15) is 11.4 Å². The van der Waals surface area contributed by atoms with E-state index in [9.17, 15) is 9.59 Å². The average molecular weight is 439 g/mol. The fourth-order valence-electron chi connectivity index (χ4n) is 3.33. The molecule has 0 spiro atoms. The minimum Gasteiger partial charge on any atom is -0.497 e. The second-order valence-electron chi connectivity index (χ2n) is 6.66. The van der Waals surface area contributed by atoms with Crippen molar-refractivity contribution in [2.75, 3.05) is 35.0 Å². The van der Waals surface area contributed by atoms with Crippen LogP contribution in [0.4, 0.5) is 0 Å². The van der Waals surface area contributed by atoms with E-state index in [-0.39, 0.29) is 18.1 Å². The Labute approximate surface area is 185 Å². The lowest BCUT2D eigenvalue weighted by atomic mass is 10.1. The van der Waals surface area contributed by atoms with Gasteiger partial charge in [-0.3, -0.25) is 4.79 Å². The molecule has 0 aliphatic heterocycles. The second-order valence-corrected chi connectivity index (χ2v) is 6.66. The molecule has 0 fully saturated rings. The van der Waals surface area contributed by atoms with E-state index in [0.717, 1.165) is 5.39 Å². The van der Waals surface area contributed by atoms with Crippen LogP contribution in [0.3, 0.4) is 0 Å². The highest BCUT2D eigenvalue weighted by atomic mass is 16.5. The molecule has 0 saturated heterocycles. The zero-order valence-corrected chi connectivity index (χ0v) is 18.6. The molecule has 0 atom stereocenters. The van der Waals surface area contributed by atoms with Crippen molar-refractivity contribution in [3.63, 3.8) is 0 Å². The number of rotatable bonds is 9. The Hall–Kier alpha value is -3.94. The van der Waals surface area contributed by atoms with Crippen LogP contribution in [0.15, 0.2) is 36.4 Å². The predicted molar refractivity (Wildman–Crippen MR) is 120 cm³/mol. The molecule has 0 saturated carbocycles. The van der Waals surface area contributed by atoms with Gasteiger partial charge < -0.3 is 28.7 Å². The van der Waals surface area contributed by atoms with E-state index >= 15 is 0 Å². The molecule has 0 bridgehead atoms. The Morgan fingerprint density at radius 1 is 0.938 bits per heavy atom. The van der Waals surface area contributed by atoms with E-state index in [2.05, 4.69) is 4.98 Å². The zero-order valence-electron chi connectivity index (χ0n) is 18.6. The number of aromatic nitrogens is 1. The number of hydrogen-bond acceptors (Lipinski definition) is 7. The molecular weight excluding hydrogens is 414 g/mol. The summed E-state index contributed by atoms with van der Waals surface area (Å²) in [5, 5.41) is 0.723. The molecular formula is C24H25NO7. The number of hydrogen-bond donors (Lipinski definition) is 1. The van der Waals surface area contributed by atoms with Crippen LogP contribution in [-0.2, 0) is 4.74 Å². The molecule has 3 rings (SSSR count). The SMILES string of the molecule is CCOC(=O)c1[nH]c2ccc(OC)cc2c1/C=C/C(=O)c1cc(OC)c(OC)c(OC)c1. The molecule has 0 aliphatic rings. The number of ether oxygens (including phenoxy) is 5. The number of ketones is 1. The van der Waals surface area contributed by atoms with Crippen LogP contribution in [-0.4, -0.2) is 51.8 Å². The van der Waals surface area contributed by atoms with E-state index in [4.69, 9.17) is 23.7 Å². The lowest BCUT2D eigenvalue weighted by molar-refractivity contribution is 0.0520. The lowest BCUT2D eigenvalue weighted by Crippen LogP contribution is -2.06. The van der Waals surface area contributed by atoms with E-state index in [0.29, 0.717) is 39.6 Å². The van der Waals surface area contributed by atoms with E-state index in [1.165, 1.54) is 27.4 Å². The number of H-pyrrole nitrogens is 1. The summed E-state index contributed by atoms with van der Waals surface area (Å²) in [5.74, 6) is 0.931. The number of carbonyl (C=O) groups is 2. The van der Waals surface area contributed by atoms with Gasteiger partial charge in [0, 0.05) is 22.0 Å². The van der Waals surface area contributed by atoms with E-state index < -0.39 is 5.97 Å². The second kappa shape index (κ2) is 9.91. The molecule has 0 amide bonds. The molecule has 168 valence electrons. The third-order valence-electron chi connectivity index (χ3n) is 4.88. The van der Waals surface area contributed by atoms with Gasteiger partial charge in [0.25, 0.3) is 0 Å². The summed E-state index contributed by atoms with van der Waals surface area (Å²) in [7, 11) is 6.01. The molecule has 1 heterocycles. The minimum atomic E-state index is -0.512. The van der Waals surface area contributed by atoms with Crippen LogP contribution in [0.25, 0.3) is 17.0 Å². The summed E-state index contributed by atoms with van der Waals surface area (Å²) in [4.78, 5) is 28.5. The van der Waals surface area contributed by atoms with Crippen molar-refractivity contribution in [1.29, 1.82) is 0 Å². The average Bonchev–Trinajstić information content (AvgIpc) is 3.19. The number of allylic oxidation sites excluding steroid dienone is 1. The van der Waals surface area contributed by atoms with Crippen molar-refractivity contribution in [2.45, 2.75) is 6.92 Å². The monoisotopic (exact) mass is 439 g/mol. The van der Waals surface area contributed by atoms with Gasteiger partial charge in [-0.15, -0.1) is 0 Å². The molecule has 8 nitrogen and oxygen atoms in total.